The monoisotopic (exact) mass is 467 g/mol. The summed E-state index contributed by atoms with van der Waals surface area (Å²) in [6.07, 6.45) is 0. The van der Waals surface area contributed by atoms with Crippen molar-refractivity contribution in [1.82, 2.24) is 5.32 Å². The van der Waals surface area contributed by atoms with E-state index in [4.69, 9.17) is 27.9 Å². The highest BCUT2D eigenvalue weighted by atomic mass is 79.9. The molecule has 6 heteroatoms. The van der Waals surface area contributed by atoms with Crippen molar-refractivity contribution < 1.29 is 9.13 Å². The molecule has 0 bridgehead atoms. The maximum absolute atomic E-state index is 13.9. The third-order valence-electron chi connectivity index (χ3n) is 4.04. The Balaban J connectivity index is 1.69. The zero-order valence-corrected chi connectivity index (χ0v) is 17.4. The third kappa shape index (κ3) is 5.45. The Morgan fingerprint density at radius 3 is 2.41 bits per heavy atom. The number of ether oxygens (including phenoxy) is 1. The molecule has 0 aromatic heterocycles. The van der Waals surface area contributed by atoms with Crippen molar-refractivity contribution >= 4 is 39.1 Å². The van der Waals surface area contributed by atoms with Crippen molar-refractivity contribution in [2.45, 2.75) is 19.7 Å². The molecule has 1 N–H and O–H groups in total. The molecule has 0 fully saturated rings. The lowest BCUT2D eigenvalue weighted by molar-refractivity contribution is 0.296. The van der Waals surface area contributed by atoms with E-state index in [1.54, 1.807) is 12.1 Å². The molecule has 3 aromatic carbocycles. The third-order valence-corrected chi connectivity index (χ3v) is 5.26. The summed E-state index contributed by atoms with van der Waals surface area (Å²) in [5, 5.41) is 4.44. The van der Waals surface area contributed by atoms with Gasteiger partial charge in [-0.1, -0.05) is 63.4 Å². The SMILES string of the molecule is Fc1cccc(Cl)c1COc1ccc(Br)cc1CNCc1ccccc1Cl. The fraction of sp³-hybridized carbons (Fsp3) is 0.143. The molecule has 27 heavy (non-hydrogen) atoms. The molecule has 0 aliphatic carbocycles. The Kier molecular flexibility index (Phi) is 7.13. The van der Waals surface area contributed by atoms with Crippen molar-refractivity contribution in [3.05, 3.63) is 97.7 Å². The molecule has 0 unspecified atom stereocenters. The highest BCUT2D eigenvalue weighted by Gasteiger charge is 2.10. The normalized spacial score (nSPS) is 10.8. The van der Waals surface area contributed by atoms with Gasteiger partial charge < -0.3 is 10.1 Å². The Morgan fingerprint density at radius 1 is 0.889 bits per heavy atom. The molecule has 0 spiro atoms. The zero-order chi connectivity index (χ0) is 19.2. The fourth-order valence-corrected chi connectivity index (χ4v) is 3.45. The van der Waals surface area contributed by atoms with Crippen LogP contribution in [0.4, 0.5) is 4.39 Å². The van der Waals surface area contributed by atoms with E-state index in [0.29, 0.717) is 29.4 Å². The highest BCUT2D eigenvalue weighted by molar-refractivity contribution is 9.10. The standard InChI is InChI=1S/C21H17BrCl2FNO/c22-16-8-9-21(27-13-17-19(24)6-3-7-20(17)25)15(10-16)12-26-11-14-4-1-2-5-18(14)23/h1-10,26H,11-13H2. The van der Waals surface area contributed by atoms with E-state index in [1.807, 2.05) is 42.5 Å². The Hall–Kier alpha value is -1.59. The van der Waals surface area contributed by atoms with Gasteiger partial charge in [0.2, 0.25) is 0 Å². The van der Waals surface area contributed by atoms with E-state index < -0.39 is 0 Å². The highest BCUT2D eigenvalue weighted by Crippen LogP contribution is 2.26. The van der Waals surface area contributed by atoms with Crippen LogP contribution in [-0.2, 0) is 19.7 Å². The van der Waals surface area contributed by atoms with Crippen molar-refractivity contribution in [3.63, 3.8) is 0 Å². The summed E-state index contributed by atoms with van der Waals surface area (Å²) in [6, 6.07) is 18.0. The van der Waals surface area contributed by atoms with Crippen LogP contribution in [0.5, 0.6) is 5.75 Å². The minimum absolute atomic E-state index is 0.0602. The number of hydrogen-bond acceptors (Lipinski definition) is 2. The minimum Gasteiger partial charge on any atom is -0.488 e. The van der Waals surface area contributed by atoms with Gasteiger partial charge in [0.15, 0.2) is 0 Å². The first kappa shape index (κ1) is 20.2. The summed E-state index contributed by atoms with van der Waals surface area (Å²) in [5.41, 5.74) is 2.32. The second-order valence-corrected chi connectivity index (χ2v) is 7.67. The number of rotatable bonds is 7. The van der Waals surface area contributed by atoms with Gasteiger partial charge in [-0.3, -0.25) is 0 Å². The van der Waals surface area contributed by atoms with E-state index in [1.165, 1.54) is 6.07 Å². The van der Waals surface area contributed by atoms with E-state index in [2.05, 4.69) is 21.2 Å². The molecule has 3 rings (SSSR count). The number of hydrogen-bond donors (Lipinski definition) is 1. The van der Waals surface area contributed by atoms with Gasteiger partial charge in [0.05, 0.1) is 5.02 Å². The van der Waals surface area contributed by atoms with Crippen LogP contribution in [0.15, 0.2) is 65.1 Å². The van der Waals surface area contributed by atoms with Crippen LogP contribution in [0, 0.1) is 5.82 Å². The fourth-order valence-electron chi connectivity index (χ4n) is 2.62. The van der Waals surface area contributed by atoms with Crippen LogP contribution in [0.25, 0.3) is 0 Å². The predicted octanol–water partition coefficient (Wildman–Crippen LogP) is 6.76. The number of benzene rings is 3. The van der Waals surface area contributed by atoms with E-state index >= 15 is 0 Å². The van der Waals surface area contributed by atoms with Gasteiger partial charge in [-0.15, -0.1) is 0 Å². The van der Waals surface area contributed by atoms with Crippen LogP contribution in [0.2, 0.25) is 10.0 Å². The summed E-state index contributed by atoms with van der Waals surface area (Å²) in [5.74, 6) is 0.294. The maximum atomic E-state index is 13.9. The van der Waals surface area contributed by atoms with E-state index in [9.17, 15) is 4.39 Å². The molecule has 2 nitrogen and oxygen atoms in total. The molecule has 0 aliphatic rings. The van der Waals surface area contributed by atoms with Gasteiger partial charge in [-0.2, -0.15) is 0 Å². The Labute approximate surface area is 176 Å². The molecule has 0 radical (unpaired) electrons. The molecule has 0 amide bonds. The first-order chi connectivity index (χ1) is 13.0. The quantitative estimate of drug-likeness (QED) is 0.413. The molecular formula is C21H17BrCl2FNO. The number of nitrogens with one attached hydrogen (secondary N) is 1. The average molecular weight is 469 g/mol. The first-order valence-electron chi connectivity index (χ1n) is 8.33. The molecule has 0 atom stereocenters. The molecule has 0 saturated heterocycles. The summed E-state index contributed by atoms with van der Waals surface area (Å²) >= 11 is 15.7. The predicted molar refractivity (Wildman–Crippen MR) is 112 cm³/mol. The molecule has 0 saturated carbocycles. The summed E-state index contributed by atoms with van der Waals surface area (Å²) < 4.78 is 20.7. The smallest absolute Gasteiger partial charge is 0.131 e. The Bertz CT molecular complexity index is 916. The minimum atomic E-state index is -0.377. The van der Waals surface area contributed by atoms with Gasteiger partial charge in [0, 0.05) is 33.7 Å². The van der Waals surface area contributed by atoms with Crippen molar-refractivity contribution in [2.24, 2.45) is 0 Å². The van der Waals surface area contributed by atoms with Crippen LogP contribution in [0.1, 0.15) is 16.7 Å². The molecule has 0 heterocycles. The van der Waals surface area contributed by atoms with Crippen LogP contribution >= 0.6 is 39.1 Å². The lowest BCUT2D eigenvalue weighted by atomic mass is 10.1. The molecular weight excluding hydrogens is 452 g/mol. The lowest BCUT2D eigenvalue weighted by Crippen LogP contribution is -2.14. The molecule has 3 aromatic rings. The maximum Gasteiger partial charge on any atom is 0.131 e. The summed E-state index contributed by atoms with van der Waals surface area (Å²) in [6.45, 7) is 1.26. The van der Waals surface area contributed by atoms with Crippen molar-refractivity contribution in [1.29, 1.82) is 0 Å². The lowest BCUT2D eigenvalue weighted by Gasteiger charge is -2.14. The second kappa shape index (κ2) is 9.56. The molecule has 0 aliphatic heterocycles. The first-order valence-corrected chi connectivity index (χ1v) is 9.87. The van der Waals surface area contributed by atoms with Gasteiger partial charge in [0.25, 0.3) is 0 Å². The summed E-state index contributed by atoms with van der Waals surface area (Å²) in [7, 11) is 0. The van der Waals surface area contributed by atoms with E-state index in [0.717, 1.165) is 20.6 Å². The van der Waals surface area contributed by atoms with Crippen molar-refractivity contribution in [3.8, 4) is 5.75 Å². The zero-order valence-electron chi connectivity index (χ0n) is 14.3. The van der Waals surface area contributed by atoms with Gasteiger partial charge in [-0.25, -0.2) is 4.39 Å². The molecule has 140 valence electrons. The second-order valence-electron chi connectivity index (χ2n) is 5.94. The van der Waals surface area contributed by atoms with Crippen molar-refractivity contribution in [2.75, 3.05) is 0 Å². The van der Waals surface area contributed by atoms with Crippen LogP contribution < -0.4 is 10.1 Å². The van der Waals surface area contributed by atoms with Crippen LogP contribution in [-0.4, -0.2) is 0 Å². The Morgan fingerprint density at radius 2 is 1.63 bits per heavy atom. The van der Waals surface area contributed by atoms with Gasteiger partial charge in [-0.05, 0) is 42.0 Å². The van der Waals surface area contributed by atoms with Crippen LogP contribution in [0.3, 0.4) is 0 Å². The topological polar surface area (TPSA) is 21.3 Å². The van der Waals surface area contributed by atoms with Gasteiger partial charge >= 0.3 is 0 Å². The van der Waals surface area contributed by atoms with E-state index in [-0.39, 0.29) is 12.4 Å². The average Bonchev–Trinajstić information content (AvgIpc) is 2.64. The largest absolute Gasteiger partial charge is 0.488 e. The summed E-state index contributed by atoms with van der Waals surface area (Å²) in [4.78, 5) is 0. The van der Waals surface area contributed by atoms with Gasteiger partial charge in [0.1, 0.15) is 18.2 Å². The number of halogens is 4.